The van der Waals surface area contributed by atoms with E-state index in [9.17, 15) is 4.39 Å². The monoisotopic (exact) mass is 221 g/mol. The molecule has 1 saturated carbocycles. The minimum Gasteiger partial charge on any atom is -0.324 e. The number of halogens is 1. The summed E-state index contributed by atoms with van der Waals surface area (Å²) in [6, 6.07) is 6.78. The zero-order valence-electron chi connectivity index (χ0n) is 9.83. The molecule has 0 aromatic heterocycles. The molecule has 16 heavy (non-hydrogen) atoms. The van der Waals surface area contributed by atoms with Crippen molar-refractivity contribution in [1.82, 2.24) is 0 Å². The van der Waals surface area contributed by atoms with Gasteiger partial charge in [0.25, 0.3) is 0 Å². The average Bonchev–Trinajstić information content (AvgIpc) is 2.77. The van der Waals surface area contributed by atoms with Gasteiger partial charge in [0.1, 0.15) is 5.82 Å². The molecule has 0 saturated heterocycles. The number of hydrogen-bond acceptors (Lipinski definition) is 1. The summed E-state index contributed by atoms with van der Waals surface area (Å²) in [6.45, 7) is 2.22. The zero-order valence-corrected chi connectivity index (χ0v) is 9.83. The van der Waals surface area contributed by atoms with Crippen molar-refractivity contribution in [2.45, 2.75) is 38.6 Å². The molecule has 0 bridgehead atoms. The van der Waals surface area contributed by atoms with Gasteiger partial charge < -0.3 is 5.73 Å². The smallest absolute Gasteiger partial charge is 0.127 e. The van der Waals surface area contributed by atoms with Crippen LogP contribution in [0.4, 0.5) is 4.39 Å². The first-order valence-electron chi connectivity index (χ1n) is 6.22. The molecule has 88 valence electrons. The maximum Gasteiger partial charge on any atom is 0.127 e. The van der Waals surface area contributed by atoms with Crippen molar-refractivity contribution >= 4 is 0 Å². The fraction of sp³-hybridized carbons (Fsp3) is 0.571. The van der Waals surface area contributed by atoms with Gasteiger partial charge in [-0.2, -0.15) is 0 Å². The molecule has 1 fully saturated rings. The molecule has 0 radical (unpaired) electrons. The number of benzene rings is 1. The first-order valence-corrected chi connectivity index (χ1v) is 6.22. The molecule has 3 atom stereocenters. The standard InChI is InChI=1S/C14H20FN/c1-2-10-7-8-11(9-10)14(16)12-5-3-4-6-13(12)15/h3-6,10-11,14H,2,7-9,16H2,1H3. The summed E-state index contributed by atoms with van der Waals surface area (Å²) in [4.78, 5) is 0. The third kappa shape index (κ3) is 2.27. The Labute approximate surface area is 96.9 Å². The molecule has 1 aliphatic rings. The first kappa shape index (κ1) is 11.6. The molecule has 2 rings (SSSR count). The van der Waals surface area contributed by atoms with Crippen LogP contribution < -0.4 is 5.73 Å². The summed E-state index contributed by atoms with van der Waals surface area (Å²) in [5, 5.41) is 0. The lowest BCUT2D eigenvalue weighted by molar-refractivity contribution is 0.405. The summed E-state index contributed by atoms with van der Waals surface area (Å²) >= 11 is 0. The fourth-order valence-corrected chi connectivity index (χ4v) is 2.81. The summed E-state index contributed by atoms with van der Waals surface area (Å²) in [5.74, 6) is 1.10. The molecule has 1 aliphatic carbocycles. The van der Waals surface area contributed by atoms with Crippen molar-refractivity contribution in [3.05, 3.63) is 35.6 Å². The molecule has 1 aromatic carbocycles. The van der Waals surface area contributed by atoms with Gasteiger partial charge in [-0.3, -0.25) is 0 Å². The van der Waals surface area contributed by atoms with Gasteiger partial charge in [-0.15, -0.1) is 0 Å². The normalized spacial score (nSPS) is 26.9. The third-order valence-electron chi connectivity index (χ3n) is 3.93. The van der Waals surface area contributed by atoms with Crippen LogP contribution >= 0.6 is 0 Å². The highest BCUT2D eigenvalue weighted by atomic mass is 19.1. The lowest BCUT2D eigenvalue weighted by atomic mass is 9.91. The lowest BCUT2D eigenvalue weighted by Gasteiger charge is -2.20. The minimum absolute atomic E-state index is 0.127. The maximum atomic E-state index is 13.6. The van der Waals surface area contributed by atoms with Crippen LogP contribution in [-0.4, -0.2) is 0 Å². The van der Waals surface area contributed by atoms with Crippen LogP contribution in [0.5, 0.6) is 0 Å². The van der Waals surface area contributed by atoms with E-state index in [4.69, 9.17) is 5.73 Å². The molecule has 0 aliphatic heterocycles. The largest absolute Gasteiger partial charge is 0.324 e. The minimum atomic E-state index is -0.157. The second-order valence-corrected chi connectivity index (χ2v) is 4.89. The zero-order chi connectivity index (χ0) is 11.5. The van der Waals surface area contributed by atoms with Gasteiger partial charge in [-0.05, 0) is 30.7 Å². The number of hydrogen-bond donors (Lipinski definition) is 1. The molecule has 2 N–H and O–H groups in total. The summed E-state index contributed by atoms with van der Waals surface area (Å²) in [6.07, 6.45) is 4.78. The third-order valence-corrected chi connectivity index (χ3v) is 3.93. The first-order chi connectivity index (χ1) is 7.72. The molecule has 0 spiro atoms. The summed E-state index contributed by atoms with van der Waals surface area (Å²) in [5.41, 5.74) is 6.86. The van der Waals surface area contributed by atoms with Gasteiger partial charge in [0.15, 0.2) is 0 Å². The highest BCUT2D eigenvalue weighted by Gasteiger charge is 2.29. The van der Waals surface area contributed by atoms with Crippen LogP contribution in [0.3, 0.4) is 0 Å². The van der Waals surface area contributed by atoms with Crippen LogP contribution in [0.1, 0.15) is 44.2 Å². The molecule has 0 heterocycles. The quantitative estimate of drug-likeness (QED) is 0.828. The topological polar surface area (TPSA) is 26.0 Å². The van der Waals surface area contributed by atoms with Gasteiger partial charge in [-0.1, -0.05) is 38.0 Å². The summed E-state index contributed by atoms with van der Waals surface area (Å²) in [7, 11) is 0. The van der Waals surface area contributed by atoms with Crippen LogP contribution in [0.2, 0.25) is 0 Å². The Hall–Kier alpha value is -0.890. The predicted molar refractivity (Wildman–Crippen MR) is 64.5 cm³/mol. The molecule has 3 unspecified atom stereocenters. The second-order valence-electron chi connectivity index (χ2n) is 4.89. The lowest BCUT2D eigenvalue weighted by Crippen LogP contribution is -2.20. The van der Waals surface area contributed by atoms with Gasteiger partial charge in [-0.25, -0.2) is 4.39 Å². The van der Waals surface area contributed by atoms with E-state index in [1.54, 1.807) is 6.07 Å². The van der Waals surface area contributed by atoms with Gasteiger partial charge >= 0.3 is 0 Å². The van der Waals surface area contributed by atoms with Crippen molar-refractivity contribution in [3.8, 4) is 0 Å². The average molecular weight is 221 g/mol. The maximum absolute atomic E-state index is 13.6. The van der Waals surface area contributed by atoms with Crippen LogP contribution in [0.15, 0.2) is 24.3 Å². The molecule has 1 aromatic rings. The van der Waals surface area contributed by atoms with Crippen molar-refractivity contribution < 1.29 is 4.39 Å². The van der Waals surface area contributed by atoms with Crippen molar-refractivity contribution in [1.29, 1.82) is 0 Å². The van der Waals surface area contributed by atoms with E-state index in [2.05, 4.69) is 6.92 Å². The van der Waals surface area contributed by atoms with Crippen LogP contribution in [-0.2, 0) is 0 Å². The highest BCUT2D eigenvalue weighted by Crippen LogP contribution is 2.39. The molecule has 2 heteroatoms. The van der Waals surface area contributed by atoms with Gasteiger partial charge in [0, 0.05) is 11.6 Å². The van der Waals surface area contributed by atoms with Gasteiger partial charge in [0.2, 0.25) is 0 Å². The van der Waals surface area contributed by atoms with Crippen LogP contribution in [0, 0.1) is 17.7 Å². The van der Waals surface area contributed by atoms with E-state index in [0.717, 1.165) is 18.8 Å². The molecular weight excluding hydrogens is 201 g/mol. The Kier molecular flexibility index (Phi) is 3.59. The Balaban J connectivity index is 2.08. The van der Waals surface area contributed by atoms with E-state index < -0.39 is 0 Å². The Morgan fingerprint density at radius 3 is 2.75 bits per heavy atom. The molecule has 1 nitrogen and oxygen atoms in total. The van der Waals surface area contributed by atoms with Crippen molar-refractivity contribution in [2.75, 3.05) is 0 Å². The SMILES string of the molecule is CCC1CCC(C(N)c2ccccc2F)C1. The molecule has 0 amide bonds. The van der Waals surface area contributed by atoms with E-state index >= 15 is 0 Å². The second kappa shape index (κ2) is 4.96. The van der Waals surface area contributed by atoms with E-state index in [0.29, 0.717) is 11.5 Å². The van der Waals surface area contributed by atoms with Crippen molar-refractivity contribution in [2.24, 2.45) is 17.6 Å². The Bertz CT molecular complexity index is 350. The summed E-state index contributed by atoms with van der Waals surface area (Å²) < 4.78 is 13.6. The fourth-order valence-electron chi connectivity index (χ4n) is 2.81. The highest BCUT2D eigenvalue weighted by molar-refractivity contribution is 5.21. The number of nitrogens with two attached hydrogens (primary N) is 1. The van der Waals surface area contributed by atoms with Gasteiger partial charge in [0.05, 0.1) is 0 Å². The van der Waals surface area contributed by atoms with E-state index in [-0.39, 0.29) is 11.9 Å². The number of rotatable bonds is 3. The Morgan fingerprint density at radius 1 is 1.38 bits per heavy atom. The van der Waals surface area contributed by atoms with Crippen molar-refractivity contribution in [3.63, 3.8) is 0 Å². The van der Waals surface area contributed by atoms with E-state index in [1.165, 1.54) is 18.9 Å². The van der Waals surface area contributed by atoms with Crippen LogP contribution in [0.25, 0.3) is 0 Å². The molecular formula is C14H20FN. The van der Waals surface area contributed by atoms with E-state index in [1.807, 2.05) is 12.1 Å². The Morgan fingerprint density at radius 2 is 2.12 bits per heavy atom. The predicted octanol–water partition coefficient (Wildman–Crippen LogP) is 3.65.